The van der Waals surface area contributed by atoms with Crippen LogP contribution in [0.1, 0.15) is 21.5 Å². The maximum Gasteiger partial charge on any atom is 0.343 e. The van der Waals surface area contributed by atoms with Crippen molar-refractivity contribution in [2.75, 3.05) is 5.32 Å². The first-order valence-corrected chi connectivity index (χ1v) is 10.5. The number of rotatable bonds is 5. The predicted octanol–water partition coefficient (Wildman–Crippen LogP) is 4.72. The third-order valence-electron chi connectivity index (χ3n) is 4.22. The second-order valence-electron chi connectivity index (χ2n) is 6.55. The van der Waals surface area contributed by atoms with Crippen LogP contribution in [0.3, 0.4) is 0 Å². The van der Waals surface area contributed by atoms with Gasteiger partial charge in [0.25, 0.3) is 0 Å². The van der Waals surface area contributed by atoms with Crippen molar-refractivity contribution >= 4 is 57.2 Å². The van der Waals surface area contributed by atoms with Crippen LogP contribution in [-0.2, 0) is 9.59 Å². The van der Waals surface area contributed by atoms with Crippen LogP contribution >= 0.6 is 27.5 Å². The number of esters is 1. The fourth-order valence-electron chi connectivity index (χ4n) is 2.60. The molecule has 0 aliphatic heterocycles. The molecule has 0 fully saturated rings. The number of anilines is 1. The average molecular weight is 515 g/mol. The maximum absolute atomic E-state index is 12.5. The molecule has 0 spiro atoms. The molecule has 3 aromatic rings. The van der Waals surface area contributed by atoms with Crippen molar-refractivity contribution < 1.29 is 19.1 Å². The third kappa shape index (κ3) is 6.26. The Balaban J connectivity index is 1.67. The van der Waals surface area contributed by atoms with Crippen molar-refractivity contribution in [3.8, 4) is 5.75 Å². The van der Waals surface area contributed by atoms with Crippen LogP contribution in [0.5, 0.6) is 5.75 Å². The summed E-state index contributed by atoms with van der Waals surface area (Å²) in [6, 6.07) is 18.3. The van der Waals surface area contributed by atoms with E-state index in [1.165, 1.54) is 6.21 Å². The van der Waals surface area contributed by atoms with Crippen molar-refractivity contribution in [3.05, 3.63) is 92.9 Å². The molecule has 0 aromatic heterocycles. The number of carbonyl (C=O) groups excluding carboxylic acids is 3. The molecular weight excluding hydrogens is 498 g/mol. The molecule has 3 aromatic carbocycles. The van der Waals surface area contributed by atoms with E-state index in [0.717, 1.165) is 5.56 Å². The zero-order valence-corrected chi connectivity index (χ0v) is 19.1. The first kappa shape index (κ1) is 23.2. The number of benzene rings is 3. The van der Waals surface area contributed by atoms with Crippen LogP contribution in [-0.4, -0.2) is 24.0 Å². The van der Waals surface area contributed by atoms with E-state index in [-0.39, 0.29) is 5.75 Å². The van der Waals surface area contributed by atoms with Gasteiger partial charge in [-0.1, -0.05) is 45.7 Å². The lowest BCUT2D eigenvalue weighted by Gasteiger charge is -2.09. The molecule has 0 atom stereocenters. The molecule has 0 aliphatic carbocycles. The van der Waals surface area contributed by atoms with E-state index in [4.69, 9.17) is 16.3 Å². The summed E-state index contributed by atoms with van der Waals surface area (Å²) in [7, 11) is 0. The Hall–Kier alpha value is -3.49. The van der Waals surface area contributed by atoms with Gasteiger partial charge < -0.3 is 10.1 Å². The summed E-state index contributed by atoms with van der Waals surface area (Å²) in [5.41, 5.74) is 4.19. The van der Waals surface area contributed by atoms with Crippen molar-refractivity contribution in [1.82, 2.24) is 5.43 Å². The minimum absolute atomic E-state index is 0.241. The van der Waals surface area contributed by atoms with E-state index in [1.807, 2.05) is 19.1 Å². The molecular formula is C23H17BrClN3O4. The molecule has 0 unspecified atom stereocenters. The first-order valence-electron chi connectivity index (χ1n) is 9.31. The van der Waals surface area contributed by atoms with Gasteiger partial charge in [-0.25, -0.2) is 10.2 Å². The minimum atomic E-state index is -0.968. The molecule has 0 saturated carbocycles. The molecule has 2 amide bonds. The molecule has 0 radical (unpaired) electrons. The van der Waals surface area contributed by atoms with Gasteiger partial charge >= 0.3 is 17.8 Å². The summed E-state index contributed by atoms with van der Waals surface area (Å²) in [4.78, 5) is 36.5. The number of amides is 2. The van der Waals surface area contributed by atoms with E-state index >= 15 is 0 Å². The Bertz CT molecular complexity index is 1200. The van der Waals surface area contributed by atoms with Gasteiger partial charge in [-0.05, 0) is 61.0 Å². The number of ether oxygens (including phenoxy) is 1. The molecule has 2 N–H and O–H groups in total. The lowest BCUT2D eigenvalue weighted by atomic mass is 10.1. The van der Waals surface area contributed by atoms with Gasteiger partial charge in [0.05, 0.1) is 11.8 Å². The number of hydrogen-bond donors (Lipinski definition) is 2. The lowest BCUT2D eigenvalue weighted by Crippen LogP contribution is -2.32. The fraction of sp³-hybridized carbons (Fsp3) is 0.0435. The van der Waals surface area contributed by atoms with Gasteiger partial charge in [-0.2, -0.15) is 5.10 Å². The number of halogens is 2. The normalized spacial score (nSPS) is 10.6. The van der Waals surface area contributed by atoms with E-state index < -0.39 is 17.8 Å². The number of hydrogen-bond acceptors (Lipinski definition) is 5. The molecule has 9 heteroatoms. The highest BCUT2D eigenvalue weighted by molar-refractivity contribution is 9.10. The maximum atomic E-state index is 12.5. The van der Waals surface area contributed by atoms with Crippen molar-refractivity contribution in [1.29, 1.82) is 0 Å². The number of aryl methyl sites for hydroxylation is 1. The summed E-state index contributed by atoms with van der Waals surface area (Å²) in [6.45, 7) is 1.81. The predicted molar refractivity (Wildman–Crippen MR) is 126 cm³/mol. The van der Waals surface area contributed by atoms with E-state index in [9.17, 15) is 14.4 Å². The van der Waals surface area contributed by atoms with Gasteiger partial charge in [0.1, 0.15) is 5.75 Å². The molecule has 162 valence electrons. The molecule has 0 saturated heterocycles. The topological polar surface area (TPSA) is 96.9 Å². The van der Waals surface area contributed by atoms with Gasteiger partial charge in [0, 0.05) is 20.7 Å². The van der Waals surface area contributed by atoms with E-state index in [2.05, 4.69) is 31.8 Å². The van der Waals surface area contributed by atoms with Gasteiger partial charge in [0.2, 0.25) is 0 Å². The van der Waals surface area contributed by atoms with Crippen LogP contribution in [0.25, 0.3) is 0 Å². The number of nitrogens with one attached hydrogen (secondary N) is 2. The zero-order chi connectivity index (χ0) is 23.1. The van der Waals surface area contributed by atoms with Crippen LogP contribution in [0, 0.1) is 6.92 Å². The Kier molecular flexibility index (Phi) is 7.75. The lowest BCUT2D eigenvalue weighted by molar-refractivity contribution is -0.136. The summed E-state index contributed by atoms with van der Waals surface area (Å²) in [5.74, 6) is -2.15. The first-order chi connectivity index (χ1) is 15.3. The Morgan fingerprint density at radius 1 is 1.00 bits per heavy atom. The minimum Gasteiger partial charge on any atom is -0.422 e. The summed E-state index contributed by atoms with van der Waals surface area (Å²) >= 11 is 9.13. The zero-order valence-electron chi connectivity index (χ0n) is 16.8. The Morgan fingerprint density at radius 2 is 1.72 bits per heavy atom. The highest BCUT2D eigenvalue weighted by Gasteiger charge is 2.15. The number of nitrogens with zero attached hydrogens (tertiary/aromatic N) is 1. The molecule has 0 heterocycles. The Morgan fingerprint density at radius 3 is 2.44 bits per heavy atom. The van der Waals surface area contributed by atoms with Gasteiger partial charge in [-0.15, -0.1) is 0 Å². The highest BCUT2D eigenvalue weighted by Crippen LogP contribution is 2.23. The standard InChI is InChI=1S/C23H17BrClN3O4/c1-14-4-2-3-5-19(14)23(31)32-20-11-6-16(24)12-15(20)13-26-28-22(30)21(29)27-18-9-7-17(25)8-10-18/h2-13H,1H3,(H,27,29)(H,28,30)/b26-13+. The molecule has 0 aliphatic rings. The molecule has 32 heavy (non-hydrogen) atoms. The smallest absolute Gasteiger partial charge is 0.343 e. The Labute approximate surface area is 197 Å². The largest absolute Gasteiger partial charge is 0.422 e. The molecule has 3 rings (SSSR count). The second-order valence-corrected chi connectivity index (χ2v) is 7.90. The van der Waals surface area contributed by atoms with Crippen LogP contribution in [0.2, 0.25) is 5.02 Å². The van der Waals surface area contributed by atoms with Crippen molar-refractivity contribution in [2.45, 2.75) is 6.92 Å². The average Bonchev–Trinajstić information content (AvgIpc) is 2.77. The van der Waals surface area contributed by atoms with Crippen LogP contribution in [0.15, 0.2) is 76.3 Å². The van der Waals surface area contributed by atoms with Crippen molar-refractivity contribution in [3.63, 3.8) is 0 Å². The number of hydrazone groups is 1. The van der Waals surface area contributed by atoms with E-state index in [0.29, 0.717) is 26.3 Å². The van der Waals surface area contributed by atoms with Gasteiger partial charge in [-0.3, -0.25) is 9.59 Å². The molecule has 0 bridgehead atoms. The van der Waals surface area contributed by atoms with Crippen LogP contribution < -0.4 is 15.5 Å². The fourth-order valence-corrected chi connectivity index (χ4v) is 3.11. The van der Waals surface area contributed by atoms with Gasteiger partial charge in [0.15, 0.2) is 0 Å². The SMILES string of the molecule is Cc1ccccc1C(=O)Oc1ccc(Br)cc1/C=N/NC(=O)C(=O)Nc1ccc(Cl)cc1. The second kappa shape index (κ2) is 10.7. The summed E-state index contributed by atoms with van der Waals surface area (Å²) in [5, 5.41) is 6.73. The van der Waals surface area contributed by atoms with Crippen LogP contribution in [0.4, 0.5) is 5.69 Å². The molecule has 7 nitrogen and oxygen atoms in total. The third-order valence-corrected chi connectivity index (χ3v) is 4.96. The number of carbonyl (C=O) groups is 3. The van der Waals surface area contributed by atoms with E-state index in [1.54, 1.807) is 54.6 Å². The summed E-state index contributed by atoms with van der Waals surface area (Å²) < 4.78 is 6.22. The van der Waals surface area contributed by atoms with Crippen molar-refractivity contribution in [2.24, 2.45) is 5.10 Å². The monoisotopic (exact) mass is 513 g/mol. The quantitative estimate of drug-likeness (QED) is 0.169. The summed E-state index contributed by atoms with van der Waals surface area (Å²) in [6.07, 6.45) is 1.28. The highest BCUT2D eigenvalue weighted by atomic mass is 79.9.